The molecular weight excluding hydrogens is 272 g/mol. The first-order valence-corrected chi connectivity index (χ1v) is 7.36. The molecule has 0 aliphatic rings. The molecule has 110 valence electrons. The number of aromatic nitrogens is 1. The molecule has 2 aromatic carbocycles. The molecule has 1 heterocycles. The van der Waals surface area contributed by atoms with E-state index in [0.717, 1.165) is 16.3 Å². The highest BCUT2D eigenvalue weighted by Gasteiger charge is 2.14. The van der Waals surface area contributed by atoms with Gasteiger partial charge in [-0.25, -0.2) is 0 Å². The molecule has 3 heteroatoms. The van der Waals surface area contributed by atoms with Gasteiger partial charge >= 0.3 is 0 Å². The Balaban J connectivity index is 1.85. The zero-order valence-electron chi connectivity index (χ0n) is 12.7. The molecule has 3 nitrogen and oxygen atoms in total. The summed E-state index contributed by atoms with van der Waals surface area (Å²) in [5.41, 5.74) is 2.76. The molecule has 1 aromatic heterocycles. The fourth-order valence-electron chi connectivity index (χ4n) is 2.50. The van der Waals surface area contributed by atoms with Crippen molar-refractivity contribution in [1.29, 1.82) is 0 Å². The van der Waals surface area contributed by atoms with Crippen LogP contribution in [0.5, 0.6) is 0 Å². The maximum atomic E-state index is 12.5. The standard InChI is InChI=1S/C19H18N2O/c1-13-7-9-15(10-8-13)14(2)21-19(22)18-17-6-4-3-5-16(17)11-12-20-18/h3-12,14H,1-2H3,(H,21,22). The van der Waals surface area contributed by atoms with E-state index >= 15 is 0 Å². The Bertz CT molecular complexity index is 804. The van der Waals surface area contributed by atoms with E-state index in [4.69, 9.17) is 0 Å². The van der Waals surface area contributed by atoms with E-state index in [1.807, 2.05) is 68.4 Å². The molecule has 0 aliphatic heterocycles. The van der Waals surface area contributed by atoms with Gasteiger partial charge in [0.25, 0.3) is 5.91 Å². The van der Waals surface area contributed by atoms with Crippen LogP contribution in [0.25, 0.3) is 10.8 Å². The number of nitrogens with zero attached hydrogens (tertiary/aromatic N) is 1. The summed E-state index contributed by atoms with van der Waals surface area (Å²) in [6.45, 7) is 4.03. The van der Waals surface area contributed by atoms with Crippen LogP contribution in [0.2, 0.25) is 0 Å². The molecular formula is C19H18N2O. The predicted molar refractivity (Wildman–Crippen MR) is 88.8 cm³/mol. The number of hydrogen-bond acceptors (Lipinski definition) is 2. The minimum atomic E-state index is -0.148. The molecule has 0 fully saturated rings. The summed E-state index contributed by atoms with van der Waals surface area (Å²) in [5.74, 6) is -0.148. The number of nitrogens with one attached hydrogen (secondary N) is 1. The van der Waals surface area contributed by atoms with Crippen molar-refractivity contribution in [3.63, 3.8) is 0 Å². The number of aryl methyl sites for hydroxylation is 1. The van der Waals surface area contributed by atoms with Gasteiger partial charge in [0.05, 0.1) is 6.04 Å². The van der Waals surface area contributed by atoms with Gasteiger partial charge in [-0.3, -0.25) is 9.78 Å². The Labute approximate surface area is 130 Å². The number of hydrogen-bond donors (Lipinski definition) is 1. The van der Waals surface area contributed by atoms with E-state index in [1.54, 1.807) is 6.20 Å². The lowest BCUT2D eigenvalue weighted by molar-refractivity contribution is 0.0936. The van der Waals surface area contributed by atoms with Crippen LogP contribution in [0.15, 0.2) is 60.8 Å². The Morgan fingerprint density at radius 1 is 1.05 bits per heavy atom. The number of rotatable bonds is 3. The maximum absolute atomic E-state index is 12.5. The third-order valence-electron chi connectivity index (χ3n) is 3.81. The number of fused-ring (bicyclic) bond motifs is 1. The second kappa shape index (κ2) is 5.98. The van der Waals surface area contributed by atoms with E-state index in [-0.39, 0.29) is 11.9 Å². The minimum absolute atomic E-state index is 0.0612. The highest BCUT2D eigenvalue weighted by Crippen LogP contribution is 2.18. The van der Waals surface area contributed by atoms with Crippen molar-refractivity contribution in [3.8, 4) is 0 Å². The van der Waals surface area contributed by atoms with E-state index in [1.165, 1.54) is 5.56 Å². The first kappa shape index (κ1) is 14.3. The quantitative estimate of drug-likeness (QED) is 0.791. The number of carbonyl (C=O) groups is 1. The number of amides is 1. The molecule has 0 aliphatic carbocycles. The van der Waals surface area contributed by atoms with Crippen LogP contribution in [0.3, 0.4) is 0 Å². The van der Waals surface area contributed by atoms with E-state index < -0.39 is 0 Å². The maximum Gasteiger partial charge on any atom is 0.270 e. The minimum Gasteiger partial charge on any atom is -0.344 e. The molecule has 0 saturated heterocycles. The van der Waals surface area contributed by atoms with Crippen LogP contribution in [0.4, 0.5) is 0 Å². The second-order valence-electron chi connectivity index (χ2n) is 5.49. The van der Waals surface area contributed by atoms with Crippen LogP contribution in [0, 0.1) is 6.92 Å². The normalized spacial score (nSPS) is 12.1. The van der Waals surface area contributed by atoms with Crippen molar-refractivity contribution in [2.24, 2.45) is 0 Å². The molecule has 3 rings (SSSR count). The zero-order chi connectivity index (χ0) is 15.5. The molecule has 1 unspecified atom stereocenters. The summed E-state index contributed by atoms with van der Waals surface area (Å²) >= 11 is 0. The number of carbonyl (C=O) groups excluding carboxylic acids is 1. The second-order valence-corrected chi connectivity index (χ2v) is 5.49. The van der Waals surface area contributed by atoms with Gasteiger partial charge in [0.1, 0.15) is 5.69 Å². The average molecular weight is 290 g/mol. The number of benzene rings is 2. The van der Waals surface area contributed by atoms with Crippen molar-refractivity contribution in [2.45, 2.75) is 19.9 Å². The highest BCUT2D eigenvalue weighted by atomic mass is 16.1. The van der Waals surface area contributed by atoms with Crippen LogP contribution in [-0.2, 0) is 0 Å². The van der Waals surface area contributed by atoms with Crippen molar-refractivity contribution in [3.05, 3.63) is 77.6 Å². The third kappa shape index (κ3) is 2.84. The van der Waals surface area contributed by atoms with Crippen LogP contribution in [0.1, 0.15) is 34.6 Å². The molecule has 22 heavy (non-hydrogen) atoms. The van der Waals surface area contributed by atoms with Gasteiger partial charge in [0.2, 0.25) is 0 Å². The van der Waals surface area contributed by atoms with Gasteiger partial charge in [-0.2, -0.15) is 0 Å². The summed E-state index contributed by atoms with van der Waals surface area (Å²) in [6, 6.07) is 17.8. The van der Waals surface area contributed by atoms with Gasteiger partial charge in [0.15, 0.2) is 0 Å². The van der Waals surface area contributed by atoms with Gasteiger partial charge in [-0.1, -0.05) is 54.1 Å². The van der Waals surface area contributed by atoms with Crippen molar-refractivity contribution in [1.82, 2.24) is 10.3 Å². The lowest BCUT2D eigenvalue weighted by atomic mass is 10.1. The Morgan fingerprint density at radius 3 is 2.55 bits per heavy atom. The van der Waals surface area contributed by atoms with Gasteiger partial charge in [-0.15, -0.1) is 0 Å². The fourth-order valence-corrected chi connectivity index (χ4v) is 2.50. The predicted octanol–water partition coefficient (Wildman–Crippen LogP) is 4.03. The zero-order valence-corrected chi connectivity index (χ0v) is 12.7. The fraction of sp³-hybridized carbons (Fsp3) is 0.158. The molecule has 1 N–H and O–H groups in total. The van der Waals surface area contributed by atoms with E-state index in [0.29, 0.717) is 5.69 Å². The molecule has 0 bridgehead atoms. The SMILES string of the molecule is Cc1ccc(C(C)NC(=O)c2nccc3ccccc23)cc1. The van der Waals surface area contributed by atoms with Crippen molar-refractivity contribution >= 4 is 16.7 Å². The summed E-state index contributed by atoms with van der Waals surface area (Å²) in [5, 5.41) is 4.92. The average Bonchev–Trinajstić information content (AvgIpc) is 2.54. The van der Waals surface area contributed by atoms with Crippen molar-refractivity contribution in [2.75, 3.05) is 0 Å². The largest absolute Gasteiger partial charge is 0.344 e. The molecule has 0 radical (unpaired) electrons. The van der Waals surface area contributed by atoms with E-state index in [2.05, 4.69) is 10.3 Å². The van der Waals surface area contributed by atoms with Crippen LogP contribution >= 0.6 is 0 Å². The van der Waals surface area contributed by atoms with Crippen LogP contribution < -0.4 is 5.32 Å². The monoisotopic (exact) mass is 290 g/mol. The first-order chi connectivity index (χ1) is 10.6. The summed E-state index contributed by atoms with van der Waals surface area (Å²) in [4.78, 5) is 16.8. The molecule has 0 spiro atoms. The van der Waals surface area contributed by atoms with Crippen molar-refractivity contribution < 1.29 is 4.79 Å². The van der Waals surface area contributed by atoms with E-state index in [9.17, 15) is 4.79 Å². The first-order valence-electron chi connectivity index (χ1n) is 7.36. The lowest BCUT2D eigenvalue weighted by Gasteiger charge is -2.15. The summed E-state index contributed by atoms with van der Waals surface area (Å²) in [7, 11) is 0. The Kier molecular flexibility index (Phi) is 3.88. The third-order valence-corrected chi connectivity index (χ3v) is 3.81. The molecule has 3 aromatic rings. The Morgan fingerprint density at radius 2 is 1.77 bits per heavy atom. The highest BCUT2D eigenvalue weighted by molar-refractivity contribution is 6.05. The van der Waals surface area contributed by atoms with Gasteiger partial charge in [0, 0.05) is 11.6 Å². The lowest BCUT2D eigenvalue weighted by Crippen LogP contribution is -2.27. The smallest absolute Gasteiger partial charge is 0.270 e. The van der Waals surface area contributed by atoms with Crippen LogP contribution in [-0.4, -0.2) is 10.9 Å². The van der Waals surface area contributed by atoms with Gasteiger partial charge < -0.3 is 5.32 Å². The molecule has 0 saturated carbocycles. The summed E-state index contributed by atoms with van der Waals surface area (Å²) < 4.78 is 0. The molecule has 1 atom stereocenters. The number of pyridine rings is 1. The Hall–Kier alpha value is -2.68. The molecule has 1 amide bonds. The summed E-state index contributed by atoms with van der Waals surface area (Å²) in [6.07, 6.45) is 1.67. The topological polar surface area (TPSA) is 42.0 Å². The van der Waals surface area contributed by atoms with Gasteiger partial charge in [-0.05, 0) is 30.9 Å².